The van der Waals surface area contributed by atoms with E-state index in [9.17, 15) is 0 Å². The number of halogens is 2. The second-order valence-electron chi connectivity index (χ2n) is 5.04. The molecule has 0 aliphatic carbocycles. The Kier molecular flexibility index (Phi) is 5.85. The van der Waals surface area contributed by atoms with E-state index in [1.807, 2.05) is 23.9 Å². The van der Waals surface area contributed by atoms with Crippen LogP contribution in [0.1, 0.15) is 24.4 Å². The number of hydrogen-bond acceptors (Lipinski definition) is 3. The van der Waals surface area contributed by atoms with Crippen LogP contribution in [-0.4, -0.2) is 36.0 Å². The van der Waals surface area contributed by atoms with Crippen molar-refractivity contribution in [3.63, 3.8) is 0 Å². The first-order valence-electron chi connectivity index (χ1n) is 6.57. The molecule has 2 nitrogen and oxygen atoms in total. The van der Waals surface area contributed by atoms with E-state index >= 15 is 0 Å². The van der Waals surface area contributed by atoms with Crippen molar-refractivity contribution in [1.82, 2.24) is 4.90 Å². The van der Waals surface area contributed by atoms with Crippen LogP contribution >= 0.6 is 35.0 Å². The molecule has 0 bridgehead atoms. The molecule has 0 aromatic heterocycles. The molecular weight excluding hydrogens is 299 g/mol. The lowest BCUT2D eigenvalue weighted by Gasteiger charge is -2.25. The Bertz CT molecular complexity index is 422. The molecule has 5 heteroatoms. The van der Waals surface area contributed by atoms with Gasteiger partial charge < -0.3 is 10.6 Å². The van der Waals surface area contributed by atoms with Gasteiger partial charge in [0.1, 0.15) is 0 Å². The number of hydrogen-bond donors (Lipinski definition) is 1. The first-order valence-corrected chi connectivity index (χ1v) is 8.48. The third-order valence-corrected chi connectivity index (χ3v) is 5.68. The summed E-state index contributed by atoms with van der Waals surface area (Å²) in [6.07, 6.45) is 2.19. The molecule has 0 spiro atoms. The Hall–Kier alpha value is 0.0700. The predicted molar refractivity (Wildman–Crippen MR) is 86.4 cm³/mol. The molecule has 19 heavy (non-hydrogen) atoms. The first-order chi connectivity index (χ1) is 9.09. The summed E-state index contributed by atoms with van der Waals surface area (Å²) in [5, 5.41) is 1.17. The molecule has 1 aliphatic heterocycles. The van der Waals surface area contributed by atoms with Crippen molar-refractivity contribution >= 4 is 35.0 Å². The third-order valence-electron chi connectivity index (χ3n) is 3.70. The third kappa shape index (κ3) is 4.02. The van der Waals surface area contributed by atoms with E-state index in [4.69, 9.17) is 28.9 Å². The van der Waals surface area contributed by atoms with E-state index in [-0.39, 0.29) is 6.04 Å². The molecular formula is C14H20Cl2N2S. The summed E-state index contributed by atoms with van der Waals surface area (Å²) in [4.78, 5) is 2.41. The Morgan fingerprint density at radius 3 is 2.95 bits per heavy atom. The fourth-order valence-electron chi connectivity index (χ4n) is 2.36. The largest absolute Gasteiger partial charge is 0.324 e. The van der Waals surface area contributed by atoms with Gasteiger partial charge in [-0.15, -0.1) is 0 Å². The van der Waals surface area contributed by atoms with Crippen LogP contribution in [0, 0.1) is 0 Å². The summed E-state index contributed by atoms with van der Waals surface area (Å²) in [5.41, 5.74) is 7.18. The Morgan fingerprint density at radius 2 is 2.26 bits per heavy atom. The normalized spacial score (nSPS) is 21.0. The van der Waals surface area contributed by atoms with Gasteiger partial charge in [0.15, 0.2) is 0 Å². The van der Waals surface area contributed by atoms with Crippen LogP contribution in [0.4, 0.5) is 0 Å². The maximum Gasteiger partial charge on any atom is 0.0640 e. The fourth-order valence-corrected chi connectivity index (χ4v) is 4.10. The van der Waals surface area contributed by atoms with Crippen molar-refractivity contribution in [2.45, 2.75) is 24.9 Å². The molecule has 1 fully saturated rings. The van der Waals surface area contributed by atoms with Crippen molar-refractivity contribution in [1.29, 1.82) is 0 Å². The van der Waals surface area contributed by atoms with Gasteiger partial charge in [-0.25, -0.2) is 0 Å². The maximum atomic E-state index is 6.24. The Morgan fingerprint density at radius 1 is 1.47 bits per heavy atom. The molecule has 2 N–H and O–H groups in total. The van der Waals surface area contributed by atoms with E-state index < -0.39 is 0 Å². The van der Waals surface area contributed by atoms with Crippen LogP contribution in [0.25, 0.3) is 0 Å². The van der Waals surface area contributed by atoms with Crippen LogP contribution in [0.2, 0.25) is 10.0 Å². The lowest BCUT2D eigenvalue weighted by atomic mass is 10.0. The van der Waals surface area contributed by atoms with Crippen molar-refractivity contribution in [3.8, 4) is 0 Å². The lowest BCUT2D eigenvalue weighted by Crippen LogP contribution is -2.33. The molecule has 2 atom stereocenters. The number of thioether (sulfide) groups is 1. The fraction of sp³-hybridized carbons (Fsp3) is 0.571. The van der Waals surface area contributed by atoms with Crippen LogP contribution in [-0.2, 0) is 0 Å². The zero-order chi connectivity index (χ0) is 13.8. The smallest absolute Gasteiger partial charge is 0.0640 e. The Balaban J connectivity index is 1.90. The van der Waals surface area contributed by atoms with Gasteiger partial charge >= 0.3 is 0 Å². The minimum atomic E-state index is -0.0530. The highest BCUT2D eigenvalue weighted by molar-refractivity contribution is 7.99. The lowest BCUT2D eigenvalue weighted by molar-refractivity contribution is 0.253. The van der Waals surface area contributed by atoms with Crippen molar-refractivity contribution < 1.29 is 0 Å². The molecule has 106 valence electrons. The van der Waals surface area contributed by atoms with Gasteiger partial charge in [-0.05, 0) is 43.8 Å². The second kappa shape index (κ2) is 7.19. The number of rotatable bonds is 5. The van der Waals surface area contributed by atoms with Gasteiger partial charge in [0, 0.05) is 17.8 Å². The standard InChI is InChI=1S/C14H20Cl2N2S/c1-18(10-6-8-19-9-10)7-5-13(17)11-3-2-4-12(15)14(11)16/h2-4,10,13H,5-9,17H2,1H3. The average molecular weight is 319 g/mol. The molecule has 0 saturated carbocycles. The van der Waals surface area contributed by atoms with E-state index in [1.54, 1.807) is 6.07 Å². The predicted octanol–water partition coefficient (Wildman–Crippen LogP) is 3.82. The van der Waals surface area contributed by atoms with E-state index in [1.165, 1.54) is 17.9 Å². The number of benzene rings is 1. The van der Waals surface area contributed by atoms with E-state index in [0.717, 1.165) is 18.5 Å². The summed E-state index contributed by atoms with van der Waals surface area (Å²) in [6.45, 7) is 0.995. The Labute approximate surface area is 129 Å². The van der Waals surface area contributed by atoms with Gasteiger partial charge in [-0.3, -0.25) is 0 Å². The highest BCUT2D eigenvalue weighted by Gasteiger charge is 2.21. The molecule has 1 heterocycles. The highest BCUT2D eigenvalue weighted by atomic mass is 35.5. The molecule has 1 aliphatic rings. The molecule has 1 saturated heterocycles. The highest BCUT2D eigenvalue weighted by Crippen LogP contribution is 2.30. The summed E-state index contributed by atoms with van der Waals surface area (Å²) in [6, 6.07) is 6.31. The molecule has 1 aromatic rings. The maximum absolute atomic E-state index is 6.24. The number of nitrogens with two attached hydrogens (primary N) is 1. The van der Waals surface area contributed by atoms with Gasteiger partial charge in [0.05, 0.1) is 10.0 Å². The van der Waals surface area contributed by atoms with Gasteiger partial charge in [0.2, 0.25) is 0 Å². The van der Waals surface area contributed by atoms with E-state index in [2.05, 4.69) is 11.9 Å². The summed E-state index contributed by atoms with van der Waals surface area (Å²) < 4.78 is 0. The molecule has 2 unspecified atom stereocenters. The molecule has 2 rings (SSSR count). The van der Waals surface area contributed by atoms with Crippen molar-refractivity contribution in [3.05, 3.63) is 33.8 Å². The minimum absolute atomic E-state index is 0.0530. The summed E-state index contributed by atoms with van der Waals surface area (Å²) in [5.74, 6) is 2.52. The monoisotopic (exact) mass is 318 g/mol. The average Bonchev–Trinajstić information content (AvgIpc) is 2.93. The number of nitrogens with zero attached hydrogens (tertiary/aromatic N) is 1. The van der Waals surface area contributed by atoms with E-state index in [0.29, 0.717) is 16.1 Å². The van der Waals surface area contributed by atoms with Crippen molar-refractivity contribution in [2.75, 3.05) is 25.1 Å². The van der Waals surface area contributed by atoms with Crippen molar-refractivity contribution in [2.24, 2.45) is 5.73 Å². The van der Waals surface area contributed by atoms with Crippen LogP contribution < -0.4 is 5.73 Å². The first kappa shape index (κ1) is 15.5. The molecule has 0 radical (unpaired) electrons. The summed E-state index contributed by atoms with van der Waals surface area (Å²) in [7, 11) is 2.18. The SMILES string of the molecule is CN(CCC(N)c1cccc(Cl)c1Cl)C1CCSC1. The molecule has 0 amide bonds. The van der Waals surface area contributed by atoms with Gasteiger partial charge in [-0.2, -0.15) is 11.8 Å². The quantitative estimate of drug-likeness (QED) is 0.894. The van der Waals surface area contributed by atoms with Gasteiger partial charge in [0.25, 0.3) is 0 Å². The zero-order valence-electron chi connectivity index (χ0n) is 11.1. The van der Waals surface area contributed by atoms with Crippen LogP contribution in [0.5, 0.6) is 0 Å². The van der Waals surface area contributed by atoms with Gasteiger partial charge in [-0.1, -0.05) is 35.3 Å². The molecule has 1 aromatic carbocycles. The van der Waals surface area contributed by atoms with Crippen LogP contribution in [0.3, 0.4) is 0 Å². The summed E-state index contributed by atoms with van der Waals surface area (Å²) >= 11 is 14.3. The minimum Gasteiger partial charge on any atom is -0.324 e. The second-order valence-corrected chi connectivity index (χ2v) is 6.97. The van der Waals surface area contributed by atoms with Crippen LogP contribution in [0.15, 0.2) is 18.2 Å². The zero-order valence-corrected chi connectivity index (χ0v) is 13.4. The topological polar surface area (TPSA) is 29.3 Å².